The van der Waals surface area contributed by atoms with Crippen LogP contribution in [0.25, 0.3) is 0 Å². The molecule has 7 atom stereocenters. The van der Waals surface area contributed by atoms with Gasteiger partial charge in [0.1, 0.15) is 6.10 Å². The quantitative estimate of drug-likeness (QED) is 0.482. The molecule has 180 valence electrons. The van der Waals surface area contributed by atoms with Gasteiger partial charge in [0, 0.05) is 24.3 Å². The fourth-order valence-electron chi connectivity index (χ4n) is 6.68. The van der Waals surface area contributed by atoms with Crippen molar-refractivity contribution in [2.75, 3.05) is 7.11 Å². The second-order valence-electron chi connectivity index (χ2n) is 10.2. The van der Waals surface area contributed by atoms with Crippen LogP contribution in [-0.2, 0) is 33.4 Å². The van der Waals surface area contributed by atoms with E-state index >= 15 is 0 Å². The van der Waals surface area contributed by atoms with Gasteiger partial charge in [-0.15, -0.1) is 0 Å². The van der Waals surface area contributed by atoms with Gasteiger partial charge >= 0.3 is 17.9 Å². The van der Waals surface area contributed by atoms with Crippen molar-refractivity contribution in [3.8, 4) is 0 Å². The number of carbonyl (C=O) groups excluding carboxylic acids is 4. The first-order valence-electron chi connectivity index (χ1n) is 11.7. The van der Waals surface area contributed by atoms with Crippen molar-refractivity contribution < 1.29 is 37.8 Å². The molecular formula is C25H32O8. The summed E-state index contributed by atoms with van der Waals surface area (Å²) in [4.78, 5) is 52.2. The average molecular weight is 461 g/mol. The van der Waals surface area contributed by atoms with Gasteiger partial charge in [-0.3, -0.25) is 19.2 Å². The van der Waals surface area contributed by atoms with Gasteiger partial charge in [0.2, 0.25) is 0 Å². The molecule has 0 N–H and O–H groups in total. The molecule has 0 aromatic carbocycles. The van der Waals surface area contributed by atoms with E-state index in [1.165, 1.54) is 13.4 Å². The van der Waals surface area contributed by atoms with Gasteiger partial charge in [0.25, 0.3) is 0 Å². The molecule has 0 radical (unpaired) electrons. The molecular weight excluding hydrogens is 428 g/mol. The van der Waals surface area contributed by atoms with Crippen LogP contribution in [0.15, 0.2) is 23.0 Å². The maximum Gasteiger partial charge on any atom is 0.310 e. The molecule has 2 aliphatic carbocycles. The smallest absolute Gasteiger partial charge is 0.310 e. The third-order valence-electron chi connectivity index (χ3n) is 8.23. The van der Waals surface area contributed by atoms with E-state index in [0.717, 1.165) is 5.56 Å². The summed E-state index contributed by atoms with van der Waals surface area (Å²) < 4.78 is 21.6. The number of rotatable bonds is 5. The van der Waals surface area contributed by atoms with Crippen LogP contribution >= 0.6 is 0 Å². The van der Waals surface area contributed by atoms with Crippen LogP contribution < -0.4 is 0 Å². The van der Waals surface area contributed by atoms with Crippen LogP contribution in [-0.4, -0.2) is 36.9 Å². The Hall–Kier alpha value is -2.64. The first-order valence-corrected chi connectivity index (χ1v) is 11.7. The maximum absolute atomic E-state index is 13.9. The number of fused-ring (bicyclic) bond motifs is 3. The third-order valence-corrected chi connectivity index (χ3v) is 8.23. The molecule has 2 heterocycles. The van der Waals surface area contributed by atoms with Crippen molar-refractivity contribution in [1.82, 2.24) is 0 Å². The van der Waals surface area contributed by atoms with Crippen LogP contribution in [0.2, 0.25) is 0 Å². The van der Waals surface area contributed by atoms with E-state index in [1.807, 2.05) is 20.8 Å². The molecule has 1 unspecified atom stereocenters. The molecule has 0 spiro atoms. The maximum atomic E-state index is 13.9. The second-order valence-corrected chi connectivity index (χ2v) is 10.2. The summed E-state index contributed by atoms with van der Waals surface area (Å²) in [6.07, 6.45) is 3.81. The van der Waals surface area contributed by atoms with Gasteiger partial charge in [-0.2, -0.15) is 0 Å². The Morgan fingerprint density at radius 1 is 1.21 bits per heavy atom. The van der Waals surface area contributed by atoms with Gasteiger partial charge in [0.05, 0.1) is 31.5 Å². The number of cyclic esters (lactones) is 1. The molecule has 3 aliphatic rings. The number of esters is 3. The zero-order valence-corrected chi connectivity index (χ0v) is 19.6. The van der Waals surface area contributed by atoms with Gasteiger partial charge in [-0.1, -0.05) is 20.8 Å². The summed E-state index contributed by atoms with van der Waals surface area (Å²) in [6, 6.07) is 1.75. The van der Waals surface area contributed by atoms with Crippen LogP contribution in [0, 0.1) is 28.6 Å². The Morgan fingerprint density at radius 2 is 1.97 bits per heavy atom. The van der Waals surface area contributed by atoms with Gasteiger partial charge < -0.3 is 18.6 Å². The normalized spacial score (nSPS) is 38.0. The molecule has 1 aromatic heterocycles. The van der Waals surface area contributed by atoms with E-state index in [1.54, 1.807) is 12.3 Å². The SMILES string of the molecule is CCCC(=O)O[C@@H]1C[C@@H](C(=O)OC)[C@]2(C)CC[C@H]3C(=O)O[C@H](c4ccoc4)C[C@]3(C)C2C1=O. The minimum atomic E-state index is -1.04. The fraction of sp³-hybridized carbons (Fsp3) is 0.680. The minimum absolute atomic E-state index is 0.102. The summed E-state index contributed by atoms with van der Waals surface area (Å²) >= 11 is 0. The molecule has 8 nitrogen and oxygen atoms in total. The van der Waals surface area contributed by atoms with Crippen LogP contribution in [0.1, 0.15) is 71.0 Å². The number of carbonyl (C=O) groups is 4. The van der Waals surface area contributed by atoms with Crippen molar-refractivity contribution in [2.24, 2.45) is 28.6 Å². The van der Waals surface area contributed by atoms with Crippen molar-refractivity contribution >= 4 is 23.7 Å². The van der Waals surface area contributed by atoms with E-state index in [2.05, 4.69) is 0 Å². The Balaban J connectivity index is 1.76. The van der Waals surface area contributed by atoms with Crippen LogP contribution in [0.5, 0.6) is 0 Å². The summed E-state index contributed by atoms with van der Waals surface area (Å²) in [5, 5.41) is 0. The lowest BCUT2D eigenvalue weighted by Gasteiger charge is -2.61. The molecule has 8 heteroatoms. The predicted octanol–water partition coefficient (Wildman–Crippen LogP) is 3.78. The van der Waals surface area contributed by atoms with Crippen molar-refractivity contribution in [3.63, 3.8) is 0 Å². The summed E-state index contributed by atoms with van der Waals surface area (Å²) in [5.74, 6) is -3.19. The number of Topliss-reactive ketones (excluding diaryl/α,β-unsaturated/α-hetero) is 1. The van der Waals surface area contributed by atoms with Gasteiger partial charge in [-0.25, -0.2) is 0 Å². The largest absolute Gasteiger partial charge is 0.472 e. The van der Waals surface area contributed by atoms with E-state index in [0.29, 0.717) is 25.7 Å². The Labute approximate surface area is 193 Å². The van der Waals surface area contributed by atoms with Crippen LogP contribution in [0.4, 0.5) is 0 Å². The molecule has 0 amide bonds. The molecule has 4 rings (SSSR count). The van der Waals surface area contributed by atoms with Crippen molar-refractivity contribution in [1.29, 1.82) is 0 Å². The number of methoxy groups -OCH3 is 1. The lowest BCUT2D eigenvalue weighted by atomic mass is 9.43. The second kappa shape index (κ2) is 8.61. The van der Waals surface area contributed by atoms with Crippen molar-refractivity contribution in [3.05, 3.63) is 24.2 Å². The molecule has 1 saturated heterocycles. The Morgan fingerprint density at radius 3 is 2.61 bits per heavy atom. The first kappa shape index (κ1) is 23.5. The molecule has 3 fully saturated rings. The number of hydrogen-bond acceptors (Lipinski definition) is 8. The molecule has 1 aromatic rings. The lowest BCUT2D eigenvalue weighted by Crippen LogP contribution is -2.64. The standard InChI is InChI=1S/C25H32O8/c1-5-6-19(26)32-17-11-16(22(28)30-4)24(2)9-7-15-23(29)33-18(14-8-10-31-13-14)12-25(15,3)21(24)20(17)27/h8,10,13,15-18,21H,5-7,9,11-12H2,1-4H3/t15-,16-,17+,18-,21?,24-,25-/m0/s1. The number of furan rings is 1. The van der Waals surface area contributed by atoms with Gasteiger partial charge in [0.15, 0.2) is 11.9 Å². The number of hydrogen-bond donors (Lipinski definition) is 0. The summed E-state index contributed by atoms with van der Waals surface area (Å²) in [6.45, 7) is 5.74. The van der Waals surface area contributed by atoms with Gasteiger partial charge in [-0.05, 0) is 42.6 Å². The highest BCUT2D eigenvalue weighted by Gasteiger charge is 2.67. The van der Waals surface area contributed by atoms with Crippen molar-refractivity contribution in [2.45, 2.75) is 71.5 Å². The molecule has 2 saturated carbocycles. The average Bonchev–Trinajstić information content (AvgIpc) is 3.29. The number of ketones is 1. The van der Waals surface area contributed by atoms with E-state index in [4.69, 9.17) is 18.6 Å². The minimum Gasteiger partial charge on any atom is -0.472 e. The van der Waals surface area contributed by atoms with E-state index < -0.39 is 52.7 Å². The highest BCUT2D eigenvalue weighted by Crippen LogP contribution is 2.65. The Kier molecular flexibility index (Phi) is 6.14. The first-order chi connectivity index (χ1) is 15.7. The summed E-state index contributed by atoms with van der Waals surface area (Å²) in [7, 11) is 1.33. The van der Waals surface area contributed by atoms with Crippen LogP contribution in [0.3, 0.4) is 0 Å². The highest BCUT2D eigenvalue weighted by atomic mass is 16.6. The zero-order chi connectivity index (χ0) is 24.0. The fourth-order valence-corrected chi connectivity index (χ4v) is 6.68. The number of ether oxygens (including phenoxy) is 3. The third kappa shape index (κ3) is 3.77. The highest BCUT2D eigenvalue weighted by molar-refractivity contribution is 5.93. The summed E-state index contributed by atoms with van der Waals surface area (Å²) in [5.41, 5.74) is -0.764. The van der Waals surface area contributed by atoms with E-state index in [9.17, 15) is 19.2 Å². The van der Waals surface area contributed by atoms with E-state index in [-0.39, 0.29) is 24.6 Å². The zero-order valence-electron chi connectivity index (χ0n) is 19.6. The topological polar surface area (TPSA) is 109 Å². The monoisotopic (exact) mass is 460 g/mol. The molecule has 1 aliphatic heterocycles. The Bertz CT molecular complexity index is 936. The predicted molar refractivity (Wildman–Crippen MR) is 115 cm³/mol. The molecule has 33 heavy (non-hydrogen) atoms. The molecule has 0 bridgehead atoms. The lowest BCUT2D eigenvalue weighted by molar-refractivity contribution is -0.210.